The van der Waals surface area contributed by atoms with Crippen molar-refractivity contribution in [2.24, 2.45) is 0 Å². The average Bonchev–Trinajstić information content (AvgIpc) is 3.50. The molecule has 0 aliphatic heterocycles. The summed E-state index contributed by atoms with van der Waals surface area (Å²) in [6, 6.07) is 19.4. The second-order valence-electron chi connectivity index (χ2n) is 12.5. The number of pyridine rings is 2. The highest BCUT2D eigenvalue weighted by molar-refractivity contribution is 6.32. The predicted octanol–water partition coefficient (Wildman–Crippen LogP) is 8.58. The van der Waals surface area contributed by atoms with Gasteiger partial charge in [0.1, 0.15) is 67.4 Å². The summed E-state index contributed by atoms with van der Waals surface area (Å²) in [6.45, 7) is 6.22. The lowest BCUT2D eigenvalue weighted by Gasteiger charge is -2.17. The van der Waals surface area contributed by atoms with E-state index in [0.29, 0.717) is 52.0 Å². The van der Waals surface area contributed by atoms with Gasteiger partial charge in [0.2, 0.25) is 0 Å². The maximum absolute atomic E-state index is 11.8. The highest BCUT2D eigenvalue weighted by Crippen LogP contribution is 2.35. The van der Waals surface area contributed by atoms with Crippen molar-refractivity contribution >= 4 is 35.8 Å². The minimum absolute atomic E-state index is 0.0734. The van der Waals surface area contributed by atoms with Gasteiger partial charge in [-0.1, -0.05) is 35.3 Å². The molecule has 0 N–H and O–H groups in total. The summed E-state index contributed by atoms with van der Waals surface area (Å²) in [5.74, 6) is 1.90. The highest BCUT2D eigenvalue weighted by Gasteiger charge is 2.19. The lowest BCUT2D eigenvalue weighted by Crippen LogP contribution is -2.07. The van der Waals surface area contributed by atoms with E-state index in [1.807, 2.05) is 55.7 Å². The molecule has 0 saturated carbocycles. The Labute approximate surface area is 332 Å². The lowest BCUT2D eigenvalue weighted by atomic mass is 10.1. The van der Waals surface area contributed by atoms with Crippen LogP contribution in [-0.2, 0) is 26.4 Å². The monoisotopic (exact) mass is 786 g/mol. The number of nitriles is 2. The smallest absolute Gasteiger partial charge is 0.153 e. The SMILES string of the molecule is Cc1c(COc2cc(OCc3cncc(C#N)c3)c(C=O)cc2Cl)cccc1-n1c(C)nc(COc2cc(OCc3cncc(C#N)c3)c(C=O)cc2Cl)c1C. The van der Waals surface area contributed by atoms with Crippen molar-refractivity contribution in [2.75, 3.05) is 0 Å². The lowest BCUT2D eigenvalue weighted by molar-refractivity contribution is 0.111. The number of carbonyl (C=O) groups is 2. The summed E-state index contributed by atoms with van der Waals surface area (Å²) in [5.41, 5.74) is 6.83. The minimum Gasteiger partial charge on any atom is -0.488 e. The van der Waals surface area contributed by atoms with Crippen molar-refractivity contribution in [3.63, 3.8) is 0 Å². The molecule has 0 aliphatic carbocycles. The molecular formula is C42H32Cl2N6O6. The third kappa shape index (κ3) is 8.79. The molecule has 280 valence electrons. The van der Waals surface area contributed by atoms with Crippen LogP contribution in [0.5, 0.6) is 23.0 Å². The number of rotatable bonds is 15. The molecule has 0 atom stereocenters. The van der Waals surface area contributed by atoms with E-state index in [9.17, 15) is 20.1 Å². The zero-order valence-corrected chi connectivity index (χ0v) is 31.9. The number of nitrogens with zero attached hydrogens (tertiary/aromatic N) is 6. The van der Waals surface area contributed by atoms with Gasteiger partial charge in [-0.3, -0.25) is 19.6 Å². The maximum atomic E-state index is 11.8. The van der Waals surface area contributed by atoms with Crippen molar-refractivity contribution < 1.29 is 28.5 Å². The molecule has 0 bridgehead atoms. The van der Waals surface area contributed by atoms with Crippen LogP contribution in [0.4, 0.5) is 0 Å². The van der Waals surface area contributed by atoms with Gasteiger partial charge in [0.05, 0.1) is 43.7 Å². The van der Waals surface area contributed by atoms with Gasteiger partial charge in [0, 0.05) is 53.7 Å². The molecule has 0 aliphatic rings. The molecule has 12 nitrogen and oxygen atoms in total. The zero-order valence-electron chi connectivity index (χ0n) is 30.4. The molecule has 0 amide bonds. The number of hydrogen-bond donors (Lipinski definition) is 0. The van der Waals surface area contributed by atoms with Crippen LogP contribution in [0.1, 0.15) is 71.3 Å². The summed E-state index contributed by atoms with van der Waals surface area (Å²) in [6.07, 6.45) is 7.37. The van der Waals surface area contributed by atoms with E-state index in [1.54, 1.807) is 36.7 Å². The Hall–Kier alpha value is -6.73. The zero-order chi connectivity index (χ0) is 39.8. The maximum Gasteiger partial charge on any atom is 0.153 e. The van der Waals surface area contributed by atoms with Crippen molar-refractivity contribution in [3.05, 3.63) is 151 Å². The molecule has 6 rings (SSSR count). The molecule has 0 fully saturated rings. The molecular weight excluding hydrogens is 755 g/mol. The first-order valence-corrected chi connectivity index (χ1v) is 17.8. The van der Waals surface area contributed by atoms with Crippen LogP contribution in [0.25, 0.3) is 5.69 Å². The number of aldehydes is 2. The Bertz CT molecular complexity index is 2540. The molecule has 6 aromatic rings. The van der Waals surface area contributed by atoms with Crippen molar-refractivity contribution in [3.8, 4) is 40.8 Å². The molecule has 56 heavy (non-hydrogen) atoms. The normalized spacial score (nSPS) is 10.6. The Balaban J connectivity index is 1.17. The molecule has 0 spiro atoms. The fraction of sp³-hybridized carbons (Fsp3) is 0.167. The van der Waals surface area contributed by atoms with Crippen molar-refractivity contribution in [1.82, 2.24) is 19.5 Å². The quantitative estimate of drug-likeness (QED) is 0.0917. The van der Waals surface area contributed by atoms with Crippen LogP contribution in [-0.4, -0.2) is 32.1 Å². The number of ether oxygens (including phenoxy) is 4. The van der Waals surface area contributed by atoms with E-state index in [0.717, 1.165) is 28.3 Å². The average molecular weight is 788 g/mol. The van der Waals surface area contributed by atoms with Crippen LogP contribution in [0.15, 0.2) is 79.4 Å². The van der Waals surface area contributed by atoms with Crippen molar-refractivity contribution in [2.45, 2.75) is 47.2 Å². The Morgan fingerprint density at radius 3 is 1.71 bits per heavy atom. The van der Waals surface area contributed by atoms with Gasteiger partial charge in [0.25, 0.3) is 0 Å². The third-order valence-electron chi connectivity index (χ3n) is 8.80. The fourth-order valence-electron chi connectivity index (χ4n) is 5.89. The molecule has 3 heterocycles. The number of aromatic nitrogens is 4. The van der Waals surface area contributed by atoms with E-state index in [4.69, 9.17) is 47.1 Å². The molecule has 14 heteroatoms. The highest BCUT2D eigenvalue weighted by atomic mass is 35.5. The minimum atomic E-state index is 0.0734. The third-order valence-corrected chi connectivity index (χ3v) is 9.39. The van der Waals surface area contributed by atoms with Crippen LogP contribution >= 0.6 is 23.2 Å². The first-order chi connectivity index (χ1) is 27.1. The fourth-order valence-corrected chi connectivity index (χ4v) is 6.35. The Morgan fingerprint density at radius 1 is 0.679 bits per heavy atom. The van der Waals surface area contributed by atoms with Gasteiger partial charge in [-0.05, 0) is 62.2 Å². The largest absolute Gasteiger partial charge is 0.488 e. The van der Waals surface area contributed by atoms with E-state index in [2.05, 4.69) is 9.97 Å². The second kappa shape index (κ2) is 17.6. The summed E-state index contributed by atoms with van der Waals surface area (Å²) in [4.78, 5) is 36.5. The summed E-state index contributed by atoms with van der Waals surface area (Å²) in [5, 5.41) is 18.8. The van der Waals surface area contributed by atoms with Gasteiger partial charge in [-0.15, -0.1) is 0 Å². The molecule has 0 saturated heterocycles. The Kier molecular flexibility index (Phi) is 12.3. The summed E-state index contributed by atoms with van der Waals surface area (Å²) in [7, 11) is 0. The van der Waals surface area contributed by atoms with Crippen LogP contribution in [0.2, 0.25) is 10.0 Å². The van der Waals surface area contributed by atoms with Gasteiger partial charge in [-0.2, -0.15) is 10.5 Å². The number of hydrogen-bond acceptors (Lipinski definition) is 11. The number of aryl methyl sites for hydroxylation is 1. The Morgan fingerprint density at radius 2 is 1.20 bits per heavy atom. The standard InChI is InChI=1S/C42H32Cl2N6O6/c1-25-32(23-55-41-11-39(33(19-51)9-35(41)43)53-21-30-7-28(13-45)15-47-17-30)5-4-6-38(25)50-26(2)37(49-27(50)3)24-56-42-12-40(34(20-52)10-36(42)44)54-22-31-8-29(14-46)16-48-18-31/h4-12,15-20H,21-24H2,1-3H3. The summed E-state index contributed by atoms with van der Waals surface area (Å²) < 4.78 is 26.2. The summed E-state index contributed by atoms with van der Waals surface area (Å²) >= 11 is 13.0. The predicted molar refractivity (Wildman–Crippen MR) is 207 cm³/mol. The van der Waals surface area contributed by atoms with Gasteiger partial charge < -0.3 is 23.5 Å². The van der Waals surface area contributed by atoms with E-state index in [1.165, 1.54) is 24.5 Å². The first-order valence-electron chi connectivity index (χ1n) is 17.0. The van der Waals surface area contributed by atoms with E-state index >= 15 is 0 Å². The van der Waals surface area contributed by atoms with Crippen LogP contribution in [0.3, 0.4) is 0 Å². The number of imidazole rings is 1. The topological polar surface area (TPSA) is 162 Å². The van der Waals surface area contributed by atoms with Crippen molar-refractivity contribution in [1.29, 1.82) is 10.5 Å². The molecule has 3 aromatic carbocycles. The molecule has 0 radical (unpaired) electrons. The van der Waals surface area contributed by atoms with E-state index < -0.39 is 0 Å². The van der Waals surface area contributed by atoms with Crippen LogP contribution in [0, 0.1) is 43.4 Å². The molecule has 0 unspecified atom stereocenters. The number of carbonyl (C=O) groups excluding carboxylic acids is 2. The molecule has 3 aromatic heterocycles. The van der Waals surface area contributed by atoms with E-state index in [-0.39, 0.29) is 59.1 Å². The van der Waals surface area contributed by atoms with Gasteiger partial charge >= 0.3 is 0 Å². The first kappa shape index (κ1) is 39.0. The number of benzene rings is 3. The van der Waals surface area contributed by atoms with Crippen LogP contribution < -0.4 is 18.9 Å². The van der Waals surface area contributed by atoms with Gasteiger partial charge in [0.15, 0.2) is 12.6 Å². The van der Waals surface area contributed by atoms with Gasteiger partial charge in [-0.25, -0.2) is 4.98 Å². The second-order valence-corrected chi connectivity index (χ2v) is 13.3. The number of halogens is 2.